The summed E-state index contributed by atoms with van der Waals surface area (Å²) in [6.07, 6.45) is 1.54. The lowest BCUT2D eigenvalue weighted by Crippen LogP contribution is -2.24. The molecule has 33 heavy (non-hydrogen) atoms. The van der Waals surface area contributed by atoms with E-state index < -0.39 is 0 Å². The Hall–Kier alpha value is -3.49. The summed E-state index contributed by atoms with van der Waals surface area (Å²) in [7, 11) is 3.24. The van der Waals surface area contributed by atoms with Crippen molar-refractivity contribution in [3.63, 3.8) is 0 Å². The van der Waals surface area contributed by atoms with E-state index in [2.05, 4.69) is 20.6 Å². The molecule has 2 N–H and O–H groups in total. The van der Waals surface area contributed by atoms with Gasteiger partial charge in [0.25, 0.3) is 5.91 Å². The van der Waals surface area contributed by atoms with Crippen molar-refractivity contribution in [2.24, 2.45) is 0 Å². The number of rotatable bonds is 11. The molecule has 0 aliphatic heterocycles. The van der Waals surface area contributed by atoms with Gasteiger partial charge in [0, 0.05) is 54.0 Å². The summed E-state index contributed by atoms with van der Waals surface area (Å²) in [5.74, 6) is 1.09. The molecule has 2 aromatic carbocycles. The normalized spacial score (nSPS) is 10.7. The molecule has 8 nitrogen and oxygen atoms in total. The maximum atomic E-state index is 12.8. The maximum Gasteiger partial charge on any atom is 0.255 e. The van der Waals surface area contributed by atoms with Crippen LogP contribution in [0.4, 0.5) is 5.69 Å². The van der Waals surface area contributed by atoms with Gasteiger partial charge < -0.3 is 24.8 Å². The molecular weight excluding hydrogens is 420 g/mol. The van der Waals surface area contributed by atoms with Crippen LogP contribution in [-0.2, 0) is 4.74 Å². The van der Waals surface area contributed by atoms with E-state index >= 15 is 0 Å². The van der Waals surface area contributed by atoms with E-state index in [1.807, 2.05) is 32.0 Å². The predicted molar refractivity (Wildman–Crippen MR) is 128 cm³/mol. The molecule has 8 heteroatoms. The van der Waals surface area contributed by atoms with E-state index in [1.54, 1.807) is 44.8 Å². The zero-order chi connectivity index (χ0) is 23.6. The highest BCUT2D eigenvalue weighted by molar-refractivity contribution is 6.05. The minimum atomic E-state index is -0.228. The van der Waals surface area contributed by atoms with Crippen molar-refractivity contribution >= 4 is 11.6 Å². The van der Waals surface area contributed by atoms with Gasteiger partial charge in [-0.3, -0.25) is 4.79 Å². The molecule has 3 aromatic rings. The molecule has 0 fully saturated rings. The van der Waals surface area contributed by atoms with E-state index in [4.69, 9.17) is 14.2 Å². The third kappa shape index (κ3) is 6.50. The van der Waals surface area contributed by atoms with Gasteiger partial charge in [-0.05, 0) is 50.2 Å². The van der Waals surface area contributed by atoms with Gasteiger partial charge in [0.2, 0.25) is 0 Å². The van der Waals surface area contributed by atoms with Crippen LogP contribution < -0.4 is 20.1 Å². The second kappa shape index (κ2) is 11.9. The molecule has 1 aromatic heterocycles. The number of aryl methyl sites for hydroxylation is 2. The van der Waals surface area contributed by atoms with Crippen LogP contribution in [0.15, 0.2) is 48.8 Å². The zero-order valence-corrected chi connectivity index (χ0v) is 19.5. The monoisotopic (exact) mass is 450 g/mol. The summed E-state index contributed by atoms with van der Waals surface area (Å²) in [5, 5.41) is 6.22. The van der Waals surface area contributed by atoms with Crippen LogP contribution in [-0.4, -0.2) is 56.4 Å². The number of ether oxygens (including phenoxy) is 3. The van der Waals surface area contributed by atoms with Crippen molar-refractivity contribution in [1.82, 2.24) is 15.3 Å². The standard InChI is InChI=1S/C25H30N4O4/c1-17-24(18(2)28-16-27-17)22-15-20(8-9-23(22)33-13-11-26-10-12-31-3)29-25(30)19-6-5-7-21(14-19)32-4/h5-9,14-16,26H,10-13H2,1-4H3,(H,29,30). The highest BCUT2D eigenvalue weighted by Crippen LogP contribution is 2.35. The van der Waals surface area contributed by atoms with Crippen molar-refractivity contribution in [3.05, 3.63) is 65.7 Å². The molecule has 1 heterocycles. The third-order valence-electron chi connectivity index (χ3n) is 5.08. The lowest BCUT2D eigenvalue weighted by atomic mass is 10.0. The average molecular weight is 451 g/mol. The summed E-state index contributed by atoms with van der Waals surface area (Å²) in [4.78, 5) is 21.5. The van der Waals surface area contributed by atoms with Crippen molar-refractivity contribution in [1.29, 1.82) is 0 Å². The highest BCUT2D eigenvalue weighted by Gasteiger charge is 2.16. The Morgan fingerprint density at radius 2 is 1.73 bits per heavy atom. The van der Waals surface area contributed by atoms with Crippen molar-refractivity contribution in [2.45, 2.75) is 13.8 Å². The lowest BCUT2D eigenvalue weighted by molar-refractivity contribution is 0.102. The molecule has 0 saturated heterocycles. The summed E-state index contributed by atoms with van der Waals surface area (Å²) in [6.45, 7) is 6.43. The van der Waals surface area contributed by atoms with Crippen molar-refractivity contribution < 1.29 is 19.0 Å². The smallest absolute Gasteiger partial charge is 0.255 e. The van der Waals surface area contributed by atoms with Gasteiger partial charge in [0.15, 0.2) is 0 Å². The highest BCUT2D eigenvalue weighted by atomic mass is 16.5. The third-order valence-corrected chi connectivity index (χ3v) is 5.08. The molecule has 0 spiro atoms. The van der Waals surface area contributed by atoms with Gasteiger partial charge >= 0.3 is 0 Å². The Labute approximate surface area is 194 Å². The lowest BCUT2D eigenvalue weighted by Gasteiger charge is -2.16. The Bertz CT molecular complexity index is 1070. The Kier molecular flexibility index (Phi) is 8.74. The van der Waals surface area contributed by atoms with E-state index in [1.165, 1.54) is 0 Å². The molecular formula is C25H30N4O4. The molecule has 0 aliphatic rings. The fourth-order valence-corrected chi connectivity index (χ4v) is 3.41. The number of benzene rings is 2. The summed E-state index contributed by atoms with van der Waals surface area (Å²) in [6, 6.07) is 12.6. The van der Waals surface area contributed by atoms with Gasteiger partial charge in [0.1, 0.15) is 24.4 Å². The van der Waals surface area contributed by atoms with Gasteiger partial charge in [-0.25, -0.2) is 9.97 Å². The molecule has 1 amide bonds. The number of carbonyl (C=O) groups is 1. The largest absolute Gasteiger partial charge is 0.497 e. The Morgan fingerprint density at radius 1 is 0.970 bits per heavy atom. The number of aromatic nitrogens is 2. The van der Waals surface area contributed by atoms with Crippen LogP contribution >= 0.6 is 0 Å². The van der Waals surface area contributed by atoms with Crippen LogP contribution in [0.3, 0.4) is 0 Å². The van der Waals surface area contributed by atoms with Crippen LogP contribution in [0.2, 0.25) is 0 Å². The second-order valence-electron chi connectivity index (χ2n) is 7.41. The minimum Gasteiger partial charge on any atom is -0.497 e. The molecule has 0 bridgehead atoms. The number of hydrogen-bond acceptors (Lipinski definition) is 7. The first-order valence-electron chi connectivity index (χ1n) is 10.7. The first-order chi connectivity index (χ1) is 16.0. The minimum absolute atomic E-state index is 0.228. The van der Waals surface area contributed by atoms with E-state index in [9.17, 15) is 4.79 Å². The molecule has 0 aliphatic carbocycles. The summed E-state index contributed by atoms with van der Waals surface area (Å²) >= 11 is 0. The molecule has 0 atom stereocenters. The van der Waals surface area contributed by atoms with Crippen LogP contribution in [0.1, 0.15) is 21.7 Å². The molecule has 3 rings (SSSR count). The zero-order valence-electron chi connectivity index (χ0n) is 19.5. The maximum absolute atomic E-state index is 12.8. The molecule has 0 radical (unpaired) electrons. The SMILES string of the molecule is COCCNCCOc1ccc(NC(=O)c2cccc(OC)c2)cc1-c1c(C)ncnc1C. The summed E-state index contributed by atoms with van der Waals surface area (Å²) < 4.78 is 16.3. The number of hydrogen-bond donors (Lipinski definition) is 2. The number of nitrogens with one attached hydrogen (secondary N) is 2. The van der Waals surface area contributed by atoms with E-state index in [0.717, 1.165) is 29.1 Å². The number of carbonyl (C=O) groups excluding carboxylic acids is 1. The van der Waals surface area contributed by atoms with Crippen molar-refractivity contribution in [3.8, 4) is 22.6 Å². The van der Waals surface area contributed by atoms with Crippen LogP contribution in [0, 0.1) is 13.8 Å². The molecule has 0 unspecified atom stereocenters. The second-order valence-corrected chi connectivity index (χ2v) is 7.41. The average Bonchev–Trinajstić information content (AvgIpc) is 2.82. The van der Waals surface area contributed by atoms with Crippen LogP contribution in [0.25, 0.3) is 11.1 Å². The van der Waals surface area contributed by atoms with Crippen LogP contribution in [0.5, 0.6) is 11.5 Å². The predicted octanol–water partition coefficient (Wildman–Crippen LogP) is 3.64. The molecule has 0 saturated carbocycles. The van der Waals surface area contributed by atoms with Gasteiger partial charge in [-0.1, -0.05) is 6.07 Å². The Morgan fingerprint density at radius 3 is 2.45 bits per heavy atom. The first kappa shape index (κ1) is 24.2. The van der Waals surface area contributed by atoms with Gasteiger partial charge in [-0.15, -0.1) is 0 Å². The van der Waals surface area contributed by atoms with E-state index in [0.29, 0.717) is 42.5 Å². The number of anilines is 1. The number of methoxy groups -OCH3 is 2. The fourth-order valence-electron chi connectivity index (χ4n) is 3.41. The molecule has 174 valence electrons. The number of amides is 1. The quantitative estimate of drug-likeness (QED) is 0.431. The Balaban J connectivity index is 1.85. The van der Waals surface area contributed by atoms with E-state index in [-0.39, 0.29) is 5.91 Å². The van der Waals surface area contributed by atoms with Gasteiger partial charge in [0.05, 0.1) is 13.7 Å². The first-order valence-corrected chi connectivity index (χ1v) is 10.7. The van der Waals surface area contributed by atoms with Crippen molar-refractivity contribution in [2.75, 3.05) is 45.8 Å². The topological polar surface area (TPSA) is 94.6 Å². The number of nitrogens with zero attached hydrogens (tertiary/aromatic N) is 2. The van der Waals surface area contributed by atoms with Gasteiger partial charge in [-0.2, -0.15) is 0 Å². The summed E-state index contributed by atoms with van der Waals surface area (Å²) in [5.41, 5.74) is 4.53. The fraction of sp³-hybridized carbons (Fsp3) is 0.320.